The molecule has 3 rings (SSSR count). The van der Waals surface area contributed by atoms with E-state index in [9.17, 15) is 4.79 Å². The largest absolute Gasteiger partial charge is 0.320 e. The van der Waals surface area contributed by atoms with E-state index in [0.717, 1.165) is 39.0 Å². The highest BCUT2D eigenvalue weighted by Gasteiger charge is 2.21. The van der Waals surface area contributed by atoms with Crippen molar-refractivity contribution in [3.63, 3.8) is 0 Å². The topological polar surface area (TPSA) is 69.8 Å². The molecule has 0 radical (unpaired) electrons. The average molecular weight is 382 g/mol. The molecule has 1 aliphatic heterocycles. The van der Waals surface area contributed by atoms with Gasteiger partial charge in [0, 0.05) is 40.0 Å². The highest BCUT2D eigenvalue weighted by Crippen LogP contribution is 2.20. The first-order chi connectivity index (χ1) is 9.65. The number of carbonyl (C=O) groups is 1. The molecule has 2 aromatic rings. The fourth-order valence-corrected chi connectivity index (χ4v) is 3.01. The molecular formula is C14H15IN4O. The number of anilines is 1. The first-order valence-electron chi connectivity index (χ1n) is 6.49. The molecule has 5 nitrogen and oxygen atoms in total. The summed E-state index contributed by atoms with van der Waals surface area (Å²) in [7, 11) is 0. The van der Waals surface area contributed by atoms with Gasteiger partial charge in [0.1, 0.15) is 0 Å². The molecule has 2 heterocycles. The summed E-state index contributed by atoms with van der Waals surface area (Å²) in [6.45, 7) is 3.60. The van der Waals surface area contributed by atoms with E-state index in [1.807, 2.05) is 25.1 Å². The lowest BCUT2D eigenvalue weighted by atomic mass is 10.1. The van der Waals surface area contributed by atoms with Crippen molar-refractivity contribution >= 4 is 34.2 Å². The van der Waals surface area contributed by atoms with Crippen molar-refractivity contribution in [1.82, 2.24) is 15.5 Å². The lowest BCUT2D eigenvalue weighted by Gasteiger charge is -2.13. The molecule has 1 amide bonds. The van der Waals surface area contributed by atoms with Crippen LogP contribution in [0.1, 0.15) is 27.3 Å². The van der Waals surface area contributed by atoms with Crippen molar-refractivity contribution < 1.29 is 4.79 Å². The standard InChI is InChI=1S/C14H15IN4O/c1-8-6-9(15)2-3-11(8)17-14(20)13-10-7-16-5-4-12(10)18-19-13/h2-3,6,16H,4-5,7H2,1H3,(H,17,20)(H,18,19). The van der Waals surface area contributed by atoms with E-state index in [1.54, 1.807) is 0 Å². The summed E-state index contributed by atoms with van der Waals surface area (Å²) in [4.78, 5) is 12.4. The lowest BCUT2D eigenvalue weighted by Crippen LogP contribution is -2.25. The number of aryl methyl sites for hydroxylation is 1. The number of rotatable bonds is 2. The molecule has 0 saturated heterocycles. The van der Waals surface area contributed by atoms with Crippen LogP contribution in [0.2, 0.25) is 0 Å². The Morgan fingerprint density at radius 3 is 3.10 bits per heavy atom. The second kappa shape index (κ2) is 5.53. The van der Waals surface area contributed by atoms with E-state index in [2.05, 4.69) is 43.4 Å². The minimum Gasteiger partial charge on any atom is -0.320 e. The van der Waals surface area contributed by atoms with Gasteiger partial charge in [-0.1, -0.05) is 0 Å². The Morgan fingerprint density at radius 2 is 2.30 bits per heavy atom. The summed E-state index contributed by atoms with van der Waals surface area (Å²) in [5.74, 6) is -0.157. The van der Waals surface area contributed by atoms with Crippen molar-refractivity contribution in [3.8, 4) is 0 Å². The van der Waals surface area contributed by atoms with Gasteiger partial charge in [-0.15, -0.1) is 0 Å². The van der Waals surface area contributed by atoms with Gasteiger partial charge in [-0.3, -0.25) is 9.89 Å². The second-order valence-corrected chi connectivity index (χ2v) is 6.12. The fraction of sp³-hybridized carbons (Fsp3) is 0.286. The number of carbonyl (C=O) groups excluding carboxylic acids is 1. The number of amides is 1. The van der Waals surface area contributed by atoms with Crippen LogP contribution < -0.4 is 10.6 Å². The minimum atomic E-state index is -0.157. The molecule has 1 aliphatic rings. The third-order valence-electron chi connectivity index (χ3n) is 3.46. The van der Waals surface area contributed by atoms with Gasteiger partial charge in [0.2, 0.25) is 0 Å². The zero-order valence-corrected chi connectivity index (χ0v) is 13.2. The van der Waals surface area contributed by atoms with E-state index in [4.69, 9.17) is 0 Å². The molecule has 20 heavy (non-hydrogen) atoms. The zero-order valence-electron chi connectivity index (χ0n) is 11.1. The quantitative estimate of drug-likeness (QED) is 0.698. The highest BCUT2D eigenvalue weighted by molar-refractivity contribution is 14.1. The number of hydrogen-bond donors (Lipinski definition) is 3. The van der Waals surface area contributed by atoms with Crippen LogP contribution in [0, 0.1) is 10.5 Å². The Kier molecular flexibility index (Phi) is 3.75. The van der Waals surface area contributed by atoms with E-state index >= 15 is 0 Å². The van der Waals surface area contributed by atoms with Gasteiger partial charge < -0.3 is 10.6 Å². The van der Waals surface area contributed by atoms with E-state index in [-0.39, 0.29) is 5.91 Å². The number of fused-ring (bicyclic) bond motifs is 1. The smallest absolute Gasteiger partial charge is 0.276 e. The molecule has 3 N–H and O–H groups in total. The van der Waals surface area contributed by atoms with Gasteiger partial charge in [-0.2, -0.15) is 5.10 Å². The first-order valence-corrected chi connectivity index (χ1v) is 7.57. The first kappa shape index (κ1) is 13.6. The van der Waals surface area contributed by atoms with Gasteiger partial charge in [-0.25, -0.2) is 0 Å². The molecule has 0 spiro atoms. The van der Waals surface area contributed by atoms with Crippen LogP contribution in [-0.4, -0.2) is 22.6 Å². The molecule has 0 saturated carbocycles. The van der Waals surface area contributed by atoms with Crippen LogP contribution in [0.5, 0.6) is 0 Å². The van der Waals surface area contributed by atoms with Crippen LogP contribution in [0.25, 0.3) is 0 Å². The second-order valence-electron chi connectivity index (χ2n) is 4.87. The molecule has 0 aliphatic carbocycles. The Hall–Kier alpha value is -1.41. The molecule has 1 aromatic heterocycles. The number of nitrogens with zero attached hydrogens (tertiary/aromatic N) is 1. The van der Waals surface area contributed by atoms with Crippen molar-refractivity contribution in [3.05, 3.63) is 44.3 Å². The van der Waals surface area contributed by atoms with E-state index < -0.39 is 0 Å². The summed E-state index contributed by atoms with van der Waals surface area (Å²) < 4.78 is 1.15. The fourth-order valence-electron chi connectivity index (χ4n) is 2.36. The Bertz CT molecular complexity index is 665. The van der Waals surface area contributed by atoms with Crippen molar-refractivity contribution in [2.45, 2.75) is 19.9 Å². The van der Waals surface area contributed by atoms with Gasteiger partial charge in [-0.05, 0) is 53.3 Å². The van der Waals surface area contributed by atoms with E-state index in [0.29, 0.717) is 12.2 Å². The number of hydrogen-bond acceptors (Lipinski definition) is 3. The predicted molar refractivity (Wildman–Crippen MR) is 85.8 cm³/mol. The van der Waals surface area contributed by atoms with Gasteiger partial charge in [0.05, 0.1) is 0 Å². The third-order valence-corrected chi connectivity index (χ3v) is 4.13. The summed E-state index contributed by atoms with van der Waals surface area (Å²) in [5, 5.41) is 13.3. The summed E-state index contributed by atoms with van der Waals surface area (Å²) in [6, 6.07) is 5.94. The monoisotopic (exact) mass is 382 g/mol. The third kappa shape index (κ3) is 2.57. The number of aromatic amines is 1. The number of aromatic nitrogens is 2. The highest BCUT2D eigenvalue weighted by atomic mass is 127. The van der Waals surface area contributed by atoms with Crippen LogP contribution in [0.15, 0.2) is 18.2 Å². The number of benzene rings is 1. The lowest BCUT2D eigenvalue weighted by molar-refractivity contribution is 0.102. The Balaban J connectivity index is 1.84. The van der Waals surface area contributed by atoms with Crippen LogP contribution >= 0.6 is 22.6 Å². The summed E-state index contributed by atoms with van der Waals surface area (Å²) in [6.07, 6.45) is 0.887. The zero-order chi connectivity index (χ0) is 14.1. The molecule has 0 atom stereocenters. The molecule has 104 valence electrons. The van der Waals surface area contributed by atoms with Crippen molar-refractivity contribution in [1.29, 1.82) is 0 Å². The van der Waals surface area contributed by atoms with Gasteiger partial charge in [0.15, 0.2) is 5.69 Å². The maximum atomic E-state index is 12.4. The predicted octanol–water partition coefficient (Wildman–Crippen LogP) is 2.22. The molecule has 0 bridgehead atoms. The van der Waals surface area contributed by atoms with Crippen molar-refractivity contribution in [2.24, 2.45) is 0 Å². The molecule has 0 unspecified atom stereocenters. The maximum absolute atomic E-state index is 12.4. The van der Waals surface area contributed by atoms with Crippen molar-refractivity contribution in [2.75, 3.05) is 11.9 Å². The summed E-state index contributed by atoms with van der Waals surface area (Å²) in [5.41, 5.74) is 4.42. The number of H-pyrrole nitrogens is 1. The average Bonchev–Trinajstić information content (AvgIpc) is 2.86. The molecule has 1 aromatic carbocycles. The number of nitrogens with one attached hydrogen (secondary N) is 3. The molecule has 0 fully saturated rings. The van der Waals surface area contributed by atoms with Gasteiger partial charge >= 0.3 is 0 Å². The SMILES string of the molecule is Cc1cc(I)ccc1NC(=O)c1n[nH]c2c1CNCC2. The van der Waals surface area contributed by atoms with Crippen LogP contribution in [-0.2, 0) is 13.0 Å². The van der Waals surface area contributed by atoms with Gasteiger partial charge in [0.25, 0.3) is 5.91 Å². The molecule has 6 heteroatoms. The maximum Gasteiger partial charge on any atom is 0.276 e. The number of halogens is 1. The minimum absolute atomic E-state index is 0.157. The molecular weight excluding hydrogens is 367 g/mol. The van der Waals surface area contributed by atoms with E-state index in [1.165, 1.54) is 0 Å². The normalized spacial score (nSPS) is 13.9. The Labute approximate surface area is 130 Å². The van der Waals surface area contributed by atoms with Crippen LogP contribution in [0.4, 0.5) is 5.69 Å². The summed E-state index contributed by atoms with van der Waals surface area (Å²) >= 11 is 2.26. The van der Waals surface area contributed by atoms with Crippen LogP contribution in [0.3, 0.4) is 0 Å². The Morgan fingerprint density at radius 1 is 1.45 bits per heavy atom.